The normalized spacial score (nSPS) is 13.8. The van der Waals surface area contributed by atoms with Gasteiger partial charge in [-0.1, -0.05) is 17.7 Å². The third kappa shape index (κ3) is 4.48. The minimum Gasteiger partial charge on any atom is -0.481 e. The van der Waals surface area contributed by atoms with Crippen molar-refractivity contribution in [3.8, 4) is 0 Å². The van der Waals surface area contributed by atoms with Crippen LogP contribution in [0.3, 0.4) is 0 Å². The number of aliphatic hydroxyl groups excluding tert-OH is 1. The van der Waals surface area contributed by atoms with Gasteiger partial charge in [-0.15, -0.1) is 0 Å². The van der Waals surface area contributed by atoms with Crippen molar-refractivity contribution < 1.29 is 23.4 Å². The van der Waals surface area contributed by atoms with E-state index in [4.69, 9.17) is 16.7 Å². The minimum absolute atomic E-state index is 0.0442. The van der Waals surface area contributed by atoms with Crippen LogP contribution in [-0.4, -0.2) is 24.6 Å². The Morgan fingerprint density at radius 3 is 2.46 bits per heavy atom. The molecule has 8 heteroatoms. The van der Waals surface area contributed by atoms with Crippen LogP contribution in [0.1, 0.15) is 41.5 Å². The number of aliphatic hydroxyl groups is 1. The molecule has 2 aromatic carbocycles. The van der Waals surface area contributed by atoms with Gasteiger partial charge in [-0.25, -0.2) is 8.42 Å². The first kappa shape index (κ1) is 20.6. The number of carbonyl (C=O) groups is 1. The molecule has 0 atom stereocenters. The molecule has 6 nitrogen and oxygen atoms in total. The Labute approximate surface area is 169 Å². The van der Waals surface area contributed by atoms with Gasteiger partial charge in [0, 0.05) is 17.0 Å². The number of aliphatic carboxylic acids is 1. The second kappa shape index (κ2) is 8.51. The number of carboxylic acids is 1. The molecule has 3 rings (SSSR count). The summed E-state index contributed by atoms with van der Waals surface area (Å²) in [4.78, 5) is 11.2. The van der Waals surface area contributed by atoms with E-state index in [1.807, 2.05) is 6.07 Å². The van der Waals surface area contributed by atoms with Crippen molar-refractivity contribution in [2.24, 2.45) is 0 Å². The molecule has 2 aromatic rings. The summed E-state index contributed by atoms with van der Waals surface area (Å²) in [6, 6.07) is 7.61. The van der Waals surface area contributed by atoms with E-state index in [1.165, 1.54) is 24.3 Å². The zero-order valence-corrected chi connectivity index (χ0v) is 16.8. The number of sulfonamides is 1. The number of carboxylic acid groups (broad SMARTS) is 1. The van der Waals surface area contributed by atoms with Crippen LogP contribution in [0.2, 0.25) is 5.02 Å². The van der Waals surface area contributed by atoms with E-state index in [0.29, 0.717) is 21.8 Å². The number of halogens is 1. The highest BCUT2D eigenvalue weighted by Crippen LogP contribution is 2.35. The lowest BCUT2D eigenvalue weighted by atomic mass is 9.84. The average Bonchev–Trinajstić information content (AvgIpc) is 2.66. The van der Waals surface area contributed by atoms with Gasteiger partial charge in [0.05, 0.1) is 17.2 Å². The van der Waals surface area contributed by atoms with Crippen LogP contribution in [0.4, 0.5) is 5.69 Å². The van der Waals surface area contributed by atoms with Crippen LogP contribution >= 0.6 is 11.6 Å². The molecule has 3 N–H and O–H groups in total. The van der Waals surface area contributed by atoms with Gasteiger partial charge in [0.2, 0.25) is 0 Å². The fourth-order valence-corrected chi connectivity index (χ4v) is 4.89. The summed E-state index contributed by atoms with van der Waals surface area (Å²) in [5.74, 6) is -0.953. The summed E-state index contributed by atoms with van der Waals surface area (Å²) in [7, 11) is -3.92. The standard InChI is InChI=1S/C20H22ClNO5S/c21-15-5-7-16(8-6-15)28(26,27)22-20-14(12-23)11-13-3-1-2-4-17(13)18(20)9-10-19(24)25/h5-8,11,22-23H,1-4,9-10,12H2,(H,24,25). The molecule has 0 amide bonds. The second-order valence-electron chi connectivity index (χ2n) is 6.85. The van der Waals surface area contributed by atoms with Crippen LogP contribution in [-0.2, 0) is 40.7 Å². The molecule has 0 heterocycles. The van der Waals surface area contributed by atoms with Crippen LogP contribution in [0.15, 0.2) is 35.2 Å². The zero-order valence-electron chi connectivity index (χ0n) is 15.2. The maximum Gasteiger partial charge on any atom is 0.303 e. The Balaban J connectivity index is 2.09. The predicted molar refractivity (Wildman–Crippen MR) is 107 cm³/mol. The Morgan fingerprint density at radius 1 is 1.14 bits per heavy atom. The smallest absolute Gasteiger partial charge is 0.303 e. The van der Waals surface area contributed by atoms with Gasteiger partial charge < -0.3 is 10.2 Å². The summed E-state index contributed by atoms with van der Waals surface area (Å²) in [5.41, 5.74) is 3.47. The van der Waals surface area contributed by atoms with Crippen molar-refractivity contribution in [2.75, 3.05) is 4.72 Å². The third-order valence-electron chi connectivity index (χ3n) is 4.97. The molecule has 0 unspecified atom stereocenters. The van der Waals surface area contributed by atoms with Crippen LogP contribution < -0.4 is 4.72 Å². The van der Waals surface area contributed by atoms with Crippen molar-refractivity contribution >= 4 is 33.3 Å². The molecule has 150 valence electrons. The van der Waals surface area contributed by atoms with E-state index in [1.54, 1.807) is 0 Å². The van der Waals surface area contributed by atoms with E-state index >= 15 is 0 Å². The molecule has 0 aliphatic heterocycles. The average molecular weight is 424 g/mol. The quantitative estimate of drug-likeness (QED) is 0.632. The summed E-state index contributed by atoms with van der Waals surface area (Å²) in [6.07, 6.45) is 3.68. The first-order chi connectivity index (χ1) is 13.3. The van der Waals surface area contributed by atoms with Crippen molar-refractivity contribution in [3.05, 3.63) is 57.6 Å². The van der Waals surface area contributed by atoms with Gasteiger partial charge in [-0.3, -0.25) is 9.52 Å². The molecule has 0 spiro atoms. The van der Waals surface area contributed by atoms with E-state index in [9.17, 15) is 18.3 Å². The Morgan fingerprint density at radius 2 is 1.82 bits per heavy atom. The molecule has 0 bridgehead atoms. The van der Waals surface area contributed by atoms with Crippen LogP contribution in [0.25, 0.3) is 0 Å². The minimum atomic E-state index is -3.92. The van der Waals surface area contributed by atoms with Crippen molar-refractivity contribution in [1.82, 2.24) is 0 Å². The van der Waals surface area contributed by atoms with E-state index in [-0.39, 0.29) is 24.3 Å². The number of aryl methyl sites for hydroxylation is 1. The van der Waals surface area contributed by atoms with Gasteiger partial charge >= 0.3 is 5.97 Å². The molecule has 0 radical (unpaired) electrons. The number of nitrogens with one attached hydrogen (secondary N) is 1. The molecule has 1 aliphatic carbocycles. The fourth-order valence-electron chi connectivity index (χ4n) is 3.63. The van der Waals surface area contributed by atoms with Gasteiger partial charge in [-0.05, 0) is 73.1 Å². The Bertz CT molecular complexity index is 987. The predicted octanol–water partition coefficient (Wildman–Crippen LogP) is 3.53. The number of hydrogen-bond acceptors (Lipinski definition) is 4. The fraction of sp³-hybridized carbons (Fsp3) is 0.350. The first-order valence-corrected chi connectivity index (χ1v) is 11.0. The lowest BCUT2D eigenvalue weighted by Gasteiger charge is -2.25. The van der Waals surface area contributed by atoms with Crippen molar-refractivity contribution in [2.45, 2.75) is 50.0 Å². The number of hydrogen-bond donors (Lipinski definition) is 3. The molecule has 0 saturated heterocycles. The lowest BCUT2D eigenvalue weighted by Crippen LogP contribution is -2.19. The SMILES string of the molecule is O=C(O)CCc1c2c(cc(CO)c1NS(=O)(=O)c1ccc(Cl)cc1)CCCC2. The Hall–Kier alpha value is -2.09. The number of fused-ring (bicyclic) bond motifs is 1. The Kier molecular flexibility index (Phi) is 6.27. The molecule has 1 aliphatic rings. The van der Waals surface area contributed by atoms with Gasteiger partial charge in [0.1, 0.15) is 0 Å². The van der Waals surface area contributed by atoms with Crippen molar-refractivity contribution in [3.63, 3.8) is 0 Å². The highest BCUT2D eigenvalue weighted by Gasteiger charge is 2.24. The number of benzene rings is 2. The largest absolute Gasteiger partial charge is 0.481 e. The molecule has 0 aromatic heterocycles. The number of rotatable bonds is 7. The van der Waals surface area contributed by atoms with Crippen LogP contribution in [0.5, 0.6) is 0 Å². The summed E-state index contributed by atoms with van der Waals surface area (Å²) >= 11 is 5.84. The van der Waals surface area contributed by atoms with E-state index in [0.717, 1.165) is 36.8 Å². The molecular formula is C20H22ClNO5S. The molecule has 0 fully saturated rings. The monoisotopic (exact) mass is 423 g/mol. The number of anilines is 1. The zero-order chi connectivity index (χ0) is 20.3. The van der Waals surface area contributed by atoms with E-state index in [2.05, 4.69) is 4.72 Å². The van der Waals surface area contributed by atoms with Crippen molar-refractivity contribution in [1.29, 1.82) is 0 Å². The van der Waals surface area contributed by atoms with Gasteiger partial charge in [0.25, 0.3) is 10.0 Å². The summed E-state index contributed by atoms with van der Waals surface area (Å²) in [5, 5.41) is 19.4. The maximum atomic E-state index is 12.9. The summed E-state index contributed by atoms with van der Waals surface area (Å²) < 4.78 is 28.4. The molecule has 28 heavy (non-hydrogen) atoms. The lowest BCUT2D eigenvalue weighted by molar-refractivity contribution is -0.136. The third-order valence-corrected chi connectivity index (χ3v) is 6.58. The maximum absolute atomic E-state index is 12.9. The topological polar surface area (TPSA) is 104 Å². The molecule has 0 saturated carbocycles. The van der Waals surface area contributed by atoms with Crippen LogP contribution in [0, 0.1) is 0 Å². The highest BCUT2D eigenvalue weighted by molar-refractivity contribution is 7.92. The first-order valence-electron chi connectivity index (χ1n) is 9.09. The summed E-state index contributed by atoms with van der Waals surface area (Å²) in [6.45, 7) is -0.341. The highest BCUT2D eigenvalue weighted by atomic mass is 35.5. The van der Waals surface area contributed by atoms with E-state index < -0.39 is 16.0 Å². The molecular weight excluding hydrogens is 402 g/mol. The second-order valence-corrected chi connectivity index (χ2v) is 8.96. The van der Waals surface area contributed by atoms with Gasteiger partial charge in [0.15, 0.2) is 0 Å². The van der Waals surface area contributed by atoms with Gasteiger partial charge in [-0.2, -0.15) is 0 Å².